The maximum Gasteiger partial charge on any atom is 0.152 e. The van der Waals surface area contributed by atoms with E-state index in [1.54, 1.807) is 6.92 Å². The van der Waals surface area contributed by atoms with Crippen molar-refractivity contribution in [3.63, 3.8) is 0 Å². The normalized spacial score (nSPS) is 26.1. The molecule has 1 spiro atoms. The molecule has 4 rings (SSSR count). The van der Waals surface area contributed by atoms with Gasteiger partial charge in [-0.25, -0.2) is 0 Å². The SMILES string of the molecule is CC(=O)[C@@H]1Cc2cc3c(cc2N1)C1(CCN(C)CC1)CO3. The molecule has 1 aromatic carbocycles. The van der Waals surface area contributed by atoms with Crippen molar-refractivity contribution < 1.29 is 9.53 Å². The molecule has 0 aromatic heterocycles. The van der Waals surface area contributed by atoms with Gasteiger partial charge in [-0.15, -0.1) is 0 Å². The van der Waals surface area contributed by atoms with Gasteiger partial charge in [-0.2, -0.15) is 0 Å². The van der Waals surface area contributed by atoms with E-state index in [-0.39, 0.29) is 17.2 Å². The lowest BCUT2D eigenvalue weighted by atomic mass is 9.74. The lowest BCUT2D eigenvalue weighted by Gasteiger charge is -2.36. The van der Waals surface area contributed by atoms with E-state index in [4.69, 9.17) is 4.74 Å². The molecule has 4 heteroatoms. The van der Waals surface area contributed by atoms with Crippen molar-refractivity contribution in [1.29, 1.82) is 0 Å². The Labute approximate surface area is 125 Å². The lowest BCUT2D eigenvalue weighted by molar-refractivity contribution is -0.117. The number of piperidine rings is 1. The number of nitrogens with one attached hydrogen (secondary N) is 1. The molecule has 0 radical (unpaired) electrons. The second-order valence-electron chi connectivity index (χ2n) is 6.89. The average molecular weight is 286 g/mol. The maximum absolute atomic E-state index is 11.6. The van der Waals surface area contributed by atoms with Gasteiger partial charge in [0, 0.05) is 23.1 Å². The summed E-state index contributed by atoms with van der Waals surface area (Å²) in [6, 6.07) is 4.36. The second-order valence-corrected chi connectivity index (χ2v) is 6.89. The van der Waals surface area contributed by atoms with Crippen LogP contribution in [0.4, 0.5) is 5.69 Å². The van der Waals surface area contributed by atoms with Crippen LogP contribution in [0.15, 0.2) is 12.1 Å². The Morgan fingerprint density at radius 3 is 2.86 bits per heavy atom. The van der Waals surface area contributed by atoms with Crippen LogP contribution in [0.3, 0.4) is 0 Å². The maximum atomic E-state index is 11.6. The second kappa shape index (κ2) is 4.47. The Bertz CT molecular complexity index is 603. The molecule has 112 valence electrons. The summed E-state index contributed by atoms with van der Waals surface area (Å²) in [6.07, 6.45) is 3.11. The summed E-state index contributed by atoms with van der Waals surface area (Å²) in [5, 5.41) is 3.38. The van der Waals surface area contributed by atoms with Gasteiger partial charge in [0.2, 0.25) is 0 Å². The Kier molecular flexibility index (Phi) is 2.80. The first-order valence-corrected chi connectivity index (χ1v) is 7.83. The minimum atomic E-state index is -0.0593. The van der Waals surface area contributed by atoms with E-state index >= 15 is 0 Å². The lowest BCUT2D eigenvalue weighted by Crippen LogP contribution is -2.41. The van der Waals surface area contributed by atoms with Crippen molar-refractivity contribution in [2.45, 2.75) is 37.6 Å². The third-order valence-electron chi connectivity index (χ3n) is 5.47. The molecule has 0 unspecified atom stereocenters. The molecular formula is C17H22N2O2. The van der Waals surface area contributed by atoms with Gasteiger partial charge in [0.25, 0.3) is 0 Å². The fraction of sp³-hybridized carbons (Fsp3) is 0.588. The first kappa shape index (κ1) is 13.1. The van der Waals surface area contributed by atoms with E-state index in [9.17, 15) is 4.79 Å². The molecular weight excluding hydrogens is 264 g/mol. The van der Waals surface area contributed by atoms with Crippen LogP contribution in [0.5, 0.6) is 5.75 Å². The Morgan fingerprint density at radius 2 is 2.14 bits per heavy atom. The summed E-state index contributed by atoms with van der Waals surface area (Å²) in [5.74, 6) is 1.26. The molecule has 1 aromatic rings. The summed E-state index contributed by atoms with van der Waals surface area (Å²) in [5.41, 5.74) is 3.90. The van der Waals surface area contributed by atoms with E-state index in [1.165, 1.54) is 11.1 Å². The zero-order valence-electron chi connectivity index (χ0n) is 12.7. The first-order valence-electron chi connectivity index (χ1n) is 7.83. The highest BCUT2D eigenvalue weighted by Gasteiger charge is 2.43. The van der Waals surface area contributed by atoms with Crippen molar-refractivity contribution in [3.05, 3.63) is 23.3 Å². The summed E-state index contributed by atoms with van der Waals surface area (Å²) >= 11 is 0. The number of carbonyl (C=O) groups is 1. The number of carbonyl (C=O) groups excluding carboxylic acids is 1. The largest absolute Gasteiger partial charge is 0.492 e. The molecule has 0 amide bonds. The van der Waals surface area contributed by atoms with E-state index in [0.717, 1.165) is 50.4 Å². The van der Waals surface area contributed by atoms with Crippen LogP contribution in [0, 0.1) is 0 Å². The summed E-state index contributed by atoms with van der Waals surface area (Å²) in [7, 11) is 2.19. The topological polar surface area (TPSA) is 41.6 Å². The fourth-order valence-electron chi connectivity index (χ4n) is 3.92. The Hall–Kier alpha value is -1.55. The van der Waals surface area contributed by atoms with Gasteiger partial charge in [-0.05, 0) is 57.6 Å². The van der Waals surface area contributed by atoms with Crippen molar-refractivity contribution in [3.8, 4) is 5.75 Å². The van der Waals surface area contributed by atoms with Crippen molar-refractivity contribution in [1.82, 2.24) is 4.90 Å². The number of benzene rings is 1. The Morgan fingerprint density at radius 1 is 1.38 bits per heavy atom. The number of nitrogens with zero attached hydrogens (tertiary/aromatic N) is 1. The molecule has 21 heavy (non-hydrogen) atoms. The van der Waals surface area contributed by atoms with E-state index in [0.29, 0.717) is 0 Å². The van der Waals surface area contributed by atoms with E-state index < -0.39 is 0 Å². The Balaban J connectivity index is 1.69. The van der Waals surface area contributed by atoms with E-state index in [2.05, 4.69) is 29.4 Å². The quantitative estimate of drug-likeness (QED) is 0.857. The van der Waals surface area contributed by atoms with E-state index in [1.807, 2.05) is 0 Å². The number of hydrogen-bond donors (Lipinski definition) is 1. The summed E-state index contributed by atoms with van der Waals surface area (Å²) < 4.78 is 6.02. The molecule has 0 bridgehead atoms. The molecule has 1 N–H and O–H groups in total. The predicted octanol–water partition coefficient (Wildman–Crippen LogP) is 1.97. The van der Waals surface area contributed by atoms with Gasteiger partial charge in [0.05, 0.1) is 12.6 Å². The highest BCUT2D eigenvalue weighted by atomic mass is 16.5. The molecule has 3 aliphatic rings. The van der Waals surface area contributed by atoms with Crippen LogP contribution in [0.1, 0.15) is 30.9 Å². The molecule has 1 saturated heterocycles. The number of rotatable bonds is 1. The minimum absolute atomic E-state index is 0.0593. The minimum Gasteiger partial charge on any atom is -0.492 e. The number of fused-ring (bicyclic) bond motifs is 3. The van der Waals surface area contributed by atoms with Crippen LogP contribution < -0.4 is 10.1 Å². The summed E-state index contributed by atoms with van der Waals surface area (Å²) in [4.78, 5) is 14.0. The standard InChI is InChI=1S/C17H22N2O2/c1-11(20)14-7-12-8-16-13(9-15(12)18-14)17(10-21-16)3-5-19(2)6-4-17/h8-9,14,18H,3-7,10H2,1-2H3/t14-/m0/s1. The molecule has 1 fully saturated rings. The number of ether oxygens (including phenoxy) is 1. The third-order valence-corrected chi connectivity index (χ3v) is 5.47. The number of hydrogen-bond acceptors (Lipinski definition) is 4. The van der Waals surface area contributed by atoms with Crippen molar-refractivity contribution >= 4 is 11.5 Å². The zero-order chi connectivity index (χ0) is 14.6. The predicted molar refractivity (Wildman–Crippen MR) is 82.1 cm³/mol. The van der Waals surface area contributed by atoms with Gasteiger partial charge in [-0.3, -0.25) is 4.79 Å². The highest BCUT2D eigenvalue weighted by molar-refractivity contribution is 5.87. The first-order chi connectivity index (χ1) is 10.1. The number of likely N-dealkylation sites (tertiary alicyclic amines) is 1. The smallest absolute Gasteiger partial charge is 0.152 e. The monoisotopic (exact) mass is 286 g/mol. The van der Waals surface area contributed by atoms with Crippen LogP contribution in [0.25, 0.3) is 0 Å². The molecule has 0 aliphatic carbocycles. The molecule has 3 heterocycles. The molecule has 1 atom stereocenters. The molecule has 0 saturated carbocycles. The van der Waals surface area contributed by atoms with Gasteiger partial charge >= 0.3 is 0 Å². The summed E-state index contributed by atoms with van der Waals surface area (Å²) in [6.45, 7) is 4.73. The van der Waals surface area contributed by atoms with Gasteiger partial charge in [0.1, 0.15) is 5.75 Å². The van der Waals surface area contributed by atoms with Crippen molar-refractivity contribution in [2.24, 2.45) is 0 Å². The number of anilines is 1. The third kappa shape index (κ3) is 1.96. The van der Waals surface area contributed by atoms with Gasteiger partial charge in [0.15, 0.2) is 5.78 Å². The van der Waals surface area contributed by atoms with Gasteiger partial charge in [-0.1, -0.05) is 0 Å². The van der Waals surface area contributed by atoms with Crippen LogP contribution in [0.2, 0.25) is 0 Å². The number of ketones is 1. The van der Waals surface area contributed by atoms with Crippen LogP contribution in [-0.2, 0) is 16.6 Å². The van der Waals surface area contributed by atoms with Crippen molar-refractivity contribution in [2.75, 3.05) is 32.1 Å². The number of Topliss-reactive ketones (excluding diaryl/α,β-unsaturated/α-hetero) is 1. The van der Waals surface area contributed by atoms with Gasteiger partial charge < -0.3 is 15.0 Å². The average Bonchev–Trinajstić information content (AvgIpc) is 3.02. The molecule has 3 aliphatic heterocycles. The zero-order valence-corrected chi connectivity index (χ0v) is 12.7. The highest BCUT2D eigenvalue weighted by Crippen LogP contribution is 2.48. The van der Waals surface area contributed by atoms with Crippen LogP contribution in [-0.4, -0.2) is 43.5 Å². The molecule has 4 nitrogen and oxygen atoms in total. The van der Waals surface area contributed by atoms with Crippen LogP contribution >= 0.6 is 0 Å². The fourth-order valence-corrected chi connectivity index (χ4v) is 3.92.